The third kappa shape index (κ3) is 31.2. The SMILES string of the molecule is CCCCCCCC/C=C\CCCCCCCC(=O)OC[C@H]1O[C@H](O[C@H]2O[C@H](COC(=O)CCCCCCCCCCCC(C)C)[C@@H](O)[C@H](OCc3ccc(OC)cc3)[C@H]2OCc2ccc(OC)cc2)[C@H](OCc2ccc(OC)cc2)[C@@H](OCc2ccc(OC)cc2)[C@@H]1OCc1ccc(OC)cc1. The first kappa shape index (κ1) is 83.7. The van der Waals surface area contributed by atoms with E-state index >= 15 is 0 Å². The molecule has 5 aromatic carbocycles. The molecule has 0 aromatic heterocycles. The van der Waals surface area contributed by atoms with Gasteiger partial charge in [-0.2, -0.15) is 0 Å². The summed E-state index contributed by atoms with van der Waals surface area (Å²) in [5.41, 5.74) is 4.00. The first-order valence-corrected chi connectivity index (χ1v) is 38.2. The van der Waals surface area contributed by atoms with E-state index in [0.29, 0.717) is 41.6 Å². The van der Waals surface area contributed by atoms with Gasteiger partial charge in [0.15, 0.2) is 12.6 Å². The van der Waals surface area contributed by atoms with E-state index in [-0.39, 0.29) is 65.1 Å². The van der Waals surface area contributed by atoms with E-state index in [0.717, 1.165) is 91.5 Å². The van der Waals surface area contributed by atoms with E-state index in [1.54, 1.807) is 35.5 Å². The van der Waals surface area contributed by atoms with E-state index in [9.17, 15) is 14.7 Å². The summed E-state index contributed by atoms with van der Waals surface area (Å²) >= 11 is 0. The zero-order valence-electron chi connectivity index (χ0n) is 63.1. The van der Waals surface area contributed by atoms with E-state index in [1.165, 1.54) is 77.0 Å². The second-order valence-electron chi connectivity index (χ2n) is 27.6. The van der Waals surface area contributed by atoms with Crippen molar-refractivity contribution in [1.29, 1.82) is 0 Å². The van der Waals surface area contributed by atoms with Gasteiger partial charge in [0.25, 0.3) is 0 Å². The third-order valence-electron chi connectivity index (χ3n) is 19.1. The minimum Gasteiger partial charge on any atom is -0.497 e. The molecule has 0 bridgehead atoms. The number of aliphatic hydroxyl groups is 1. The van der Waals surface area contributed by atoms with Gasteiger partial charge in [-0.1, -0.05) is 203 Å². The Morgan fingerprint density at radius 2 is 0.680 bits per heavy atom. The number of hydrogen-bond donors (Lipinski definition) is 1. The second-order valence-corrected chi connectivity index (χ2v) is 27.6. The van der Waals surface area contributed by atoms with Crippen LogP contribution in [0.1, 0.15) is 209 Å². The highest BCUT2D eigenvalue weighted by atomic mass is 16.8. The maximum Gasteiger partial charge on any atom is 0.305 e. The summed E-state index contributed by atoms with van der Waals surface area (Å²) in [7, 11) is 8.05. The number of esters is 2. The molecule has 0 saturated carbocycles. The van der Waals surface area contributed by atoms with E-state index in [2.05, 4.69) is 32.9 Å². The van der Waals surface area contributed by atoms with Gasteiger partial charge in [0, 0.05) is 12.8 Å². The molecular weight excluding hydrogens is 1310 g/mol. The lowest BCUT2D eigenvalue weighted by Crippen LogP contribution is -2.65. The van der Waals surface area contributed by atoms with Gasteiger partial charge in [0.1, 0.15) is 90.8 Å². The maximum atomic E-state index is 14.0. The fourth-order valence-corrected chi connectivity index (χ4v) is 12.8. The first-order chi connectivity index (χ1) is 50.4. The van der Waals surface area contributed by atoms with Crippen molar-refractivity contribution in [2.45, 2.75) is 276 Å². The van der Waals surface area contributed by atoms with Gasteiger partial charge in [-0.15, -0.1) is 0 Å². The first-order valence-electron chi connectivity index (χ1n) is 38.2. The monoisotopic (exact) mass is 1430 g/mol. The van der Waals surface area contributed by atoms with Crippen LogP contribution in [-0.2, 0) is 90.0 Å². The van der Waals surface area contributed by atoms with Gasteiger partial charge < -0.3 is 76.2 Å². The van der Waals surface area contributed by atoms with Gasteiger partial charge in [0.2, 0.25) is 0 Å². The lowest BCUT2D eigenvalue weighted by molar-refractivity contribution is -0.391. The Kier molecular flexibility index (Phi) is 40.0. The summed E-state index contributed by atoms with van der Waals surface area (Å²) in [5, 5.41) is 12.7. The lowest BCUT2D eigenvalue weighted by Gasteiger charge is -2.49. The predicted octanol–water partition coefficient (Wildman–Crippen LogP) is 17.9. The highest BCUT2D eigenvalue weighted by Gasteiger charge is 2.54. The number of rotatable bonds is 53. The Hall–Kier alpha value is -6.58. The number of aliphatic hydroxyl groups excluding tert-OH is 1. The summed E-state index contributed by atoms with van der Waals surface area (Å²) < 4.78 is 96.3. The number of ether oxygens (including phenoxy) is 15. The van der Waals surface area contributed by atoms with Crippen molar-refractivity contribution in [2.75, 3.05) is 48.8 Å². The zero-order valence-corrected chi connectivity index (χ0v) is 63.1. The predicted molar refractivity (Wildman–Crippen MR) is 399 cm³/mol. The van der Waals surface area contributed by atoms with E-state index in [1.807, 2.05) is 121 Å². The Labute approximate surface area is 615 Å². The molecule has 10 atom stereocenters. The second kappa shape index (κ2) is 49.3. The molecule has 0 amide bonds. The molecule has 2 saturated heterocycles. The molecule has 570 valence electrons. The number of unbranched alkanes of at least 4 members (excludes halogenated alkanes) is 19. The number of hydrogen-bond acceptors (Lipinski definition) is 18. The summed E-state index contributed by atoms with van der Waals surface area (Å²) in [6.07, 6.45) is 19.1. The summed E-state index contributed by atoms with van der Waals surface area (Å²) in [6, 6.07) is 37.5. The highest BCUT2D eigenvalue weighted by Crippen LogP contribution is 2.37. The van der Waals surface area contributed by atoms with Gasteiger partial charge in [-0.3, -0.25) is 9.59 Å². The number of carbonyl (C=O) groups is 2. The fourth-order valence-electron chi connectivity index (χ4n) is 12.8. The van der Waals surface area contributed by atoms with Gasteiger partial charge in [-0.05, 0) is 133 Å². The molecule has 2 aliphatic heterocycles. The smallest absolute Gasteiger partial charge is 0.305 e. The van der Waals surface area contributed by atoms with Crippen molar-refractivity contribution in [3.63, 3.8) is 0 Å². The average Bonchev–Trinajstić information content (AvgIpc) is 0.777. The Bertz CT molecular complexity index is 3050. The van der Waals surface area contributed by atoms with Crippen LogP contribution >= 0.6 is 0 Å². The number of carbonyl (C=O) groups excluding carboxylic acids is 2. The van der Waals surface area contributed by atoms with Crippen molar-refractivity contribution in [2.24, 2.45) is 5.92 Å². The molecule has 0 spiro atoms. The fraction of sp³-hybridized carbons (Fsp3) is 0.600. The van der Waals surface area contributed by atoms with Crippen LogP contribution in [0.5, 0.6) is 28.7 Å². The normalized spacial score (nSPS) is 20.4. The standard InChI is InChI=1S/C85H122O18/c1-9-10-11-12-13-14-15-16-17-18-19-22-25-29-32-35-77(87)95-62-75-79(96-56-64-36-46-69(89-4)47-37-64)81(98-58-66-40-50-71(91-6)51-41-66)83(100-60-68-44-54-73(93-8)55-45-68)85(102-75)103-84-82(99-59-67-42-52-72(92-7)53-43-67)80(97-57-65-38-48-70(90-5)49-39-65)78(88)74(101-84)61-94-76(86)34-31-28-26-23-20-21-24-27-30-33-63(2)3/h16-17,36-55,63,74-75,78-85,88H,9-15,18-35,56-62H2,1-8H3/b17-16-/t74-,75-,78-,79-,80+,81+,82-,83-,84-,85-/m1/s1. The topological polar surface area (TPSA) is 193 Å². The van der Waals surface area contributed by atoms with Crippen molar-refractivity contribution in [1.82, 2.24) is 0 Å². The molecule has 18 nitrogen and oxygen atoms in total. The van der Waals surface area contributed by atoms with Gasteiger partial charge in [-0.25, -0.2) is 0 Å². The molecule has 5 aromatic rings. The molecule has 1 N–H and O–H groups in total. The Morgan fingerprint density at radius 3 is 1.05 bits per heavy atom. The van der Waals surface area contributed by atoms with Crippen LogP contribution < -0.4 is 23.7 Å². The molecule has 0 unspecified atom stereocenters. The number of methoxy groups -OCH3 is 5. The molecule has 7 rings (SSSR count). The Morgan fingerprint density at radius 1 is 0.379 bits per heavy atom. The van der Waals surface area contributed by atoms with Gasteiger partial charge >= 0.3 is 11.9 Å². The van der Waals surface area contributed by atoms with Crippen LogP contribution in [0.4, 0.5) is 0 Å². The van der Waals surface area contributed by atoms with Crippen LogP contribution in [0.25, 0.3) is 0 Å². The molecule has 0 radical (unpaired) electrons. The lowest BCUT2D eigenvalue weighted by atomic mass is 9.96. The molecular formula is C85H122O18. The third-order valence-corrected chi connectivity index (χ3v) is 19.1. The number of allylic oxidation sites excluding steroid dienone is 2. The zero-order chi connectivity index (χ0) is 73.1. The van der Waals surface area contributed by atoms with Crippen molar-refractivity contribution in [3.8, 4) is 28.7 Å². The quantitative estimate of drug-likeness (QED) is 0.0219. The largest absolute Gasteiger partial charge is 0.497 e. The Balaban J connectivity index is 1.19. The molecule has 2 heterocycles. The van der Waals surface area contributed by atoms with Crippen LogP contribution in [0.3, 0.4) is 0 Å². The van der Waals surface area contributed by atoms with Crippen LogP contribution in [0, 0.1) is 5.92 Å². The number of benzene rings is 5. The summed E-state index contributed by atoms with van der Waals surface area (Å²) in [5.74, 6) is 3.29. The molecule has 2 fully saturated rings. The molecule has 18 heteroatoms. The minimum atomic E-state index is -1.43. The highest BCUT2D eigenvalue weighted by molar-refractivity contribution is 5.69. The summed E-state index contributed by atoms with van der Waals surface area (Å²) in [6.45, 7) is 6.46. The molecule has 0 aliphatic carbocycles. The van der Waals surface area contributed by atoms with E-state index < -0.39 is 67.4 Å². The van der Waals surface area contributed by atoms with Crippen LogP contribution in [0.15, 0.2) is 133 Å². The summed E-state index contributed by atoms with van der Waals surface area (Å²) in [4.78, 5) is 27.8. The van der Waals surface area contributed by atoms with Crippen LogP contribution in [-0.4, -0.2) is 127 Å². The van der Waals surface area contributed by atoms with E-state index in [4.69, 9.17) is 71.1 Å². The van der Waals surface area contributed by atoms with Crippen molar-refractivity contribution >= 4 is 11.9 Å². The molecule has 2 aliphatic rings. The van der Waals surface area contributed by atoms with Crippen molar-refractivity contribution < 1.29 is 85.7 Å². The average molecular weight is 1430 g/mol. The minimum absolute atomic E-state index is 0.0119. The molecule has 103 heavy (non-hydrogen) atoms. The van der Waals surface area contributed by atoms with Crippen molar-refractivity contribution in [3.05, 3.63) is 161 Å². The van der Waals surface area contributed by atoms with Gasteiger partial charge in [0.05, 0.1) is 68.6 Å². The van der Waals surface area contributed by atoms with Crippen LogP contribution in [0.2, 0.25) is 0 Å². The maximum absolute atomic E-state index is 14.0.